The third-order valence-electron chi connectivity index (χ3n) is 6.29. The number of furan rings is 1. The Morgan fingerprint density at radius 1 is 1.22 bits per heavy atom. The van der Waals surface area contributed by atoms with Crippen molar-refractivity contribution in [2.24, 2.45) is 5.92 Å². The summed E-state index contributed by atoms with van der Waals surface area (Å²) in [6.07, 6.45) is 4.95. The van der Waals surface area contributed by atoms with Crippen LogP contribution in [0.2, 0.25) is 0 Å². The van der Waals surface area contributed by atoms with Crippen LogP contribution in [-0.2, 0) is 0 Å². The third-order valence-corrected chi connectivity index (χ3v) is 6.29. The monoisotopic (exact) mass is 438 g/mol. The molecule has 1 fully saturated rings. The number of carbonyl (C=O) groups excluding carboxylic acids is 1. The summed E-state index contributed by atoms with van der Waals surface area (Å²) in [5, 5.41) is 20.1. The van der Waals surface area contributed by atoms with Gasteiger partial charge < -0.3 is 19.5 Å². The average molecular weight is 439 g/mol. The molecule has 3 heterocycles. The van der Waals surface area contributed by atoms with Crippen LogP contribution in [0, 0.1) is 5.92 Å². The molecule has 2 N–H and O–H groups in total. The van der Waals surface area contributed by atoms with Crippen LogP contribution < -0.4 is 4.90 Å². The van der Waals surface area contributed by atoms with Gasteiger partial charge in [0.15, 0.2) is 5.78 Å². The van der Waals surface area contributed by atoms with Gasteiger partial charge >= 0.3 is 0 Å². The molecule has 8 heteroatoms. The highest BCUT2D eigenvalue weighted by Crippen LogP contribution is 2.30. The zero-order valence-corrected chi connectivity index (χ0v) is 18.4. The summed E-state index contributed by atoms with van der Waals surface area (Å²) in [4.78, 5) is 24.6. The van der Waals surface area contributed by atoms with E-state index in [0.29, 0.717) is 17.4 Å². The Balaban J connectivity index is 1.37. The van der Waals surface area contributed by atoms with Crippen molar-refractivity contribution >= 4 is 22.7 Å². The predicted octanol–water partition coefficient (Wildman–Crippen LogP) is 2.67. The van der Waals surface area contributed by atoms with E-state index in [0.717, 1.165) is 55.8 Å². The van der Waals surface area contributed by atoms with Crippen molar-refractivity contribution in [1.82, 2.24) is 14.9 Å². The fourth-order valence-corrected chi connectivity index (χ4v) is 4.40. The van der Waals surface area contributed by atoms with Crippen LogP contribution in [0.3, 0.4) is 0 Å². The molecule has 170 valence electrons. The Hall–Kier alpha value is -2.81. The van der Waals surface area contributed by atoms with Gasteiger partial charge in [-0.1, -0.05) is 25.1 Å². The molecule has 0 amide bonds. The smallest absolute Gasteiger partial charge is 0.225 e. The zero-order valence-electron chi connectivity index (χ0n) is 18.4. The number of anilines is 1. The Morgan fingerprint density at radius 3 is 2.56 bits per heavy atom. The Kier molecular flexibility index (Phi) is 7.14. The number of fused-ring (bicyclic) bond motifs is 1. The molecule has 2 aromatic heterocycles. The van der Waals surface area contributed by atoms with Crippen molar-refractivity contribution in [1.29, 1.82) is 0 Å². The van der Waals surface area contributed by atoms with Gasteiger partial charge in [0.25, 0.3) is 0 Å². The summed E-state index contributed by atoms with van der Waals surface area (Å²) in [5.74, 6) is 1.54. The van der Waals surface area contributed by atoms with E-state index in [-0.39, 0.29) is 18.4 Å². The summed E-state index contributed by atoms with van der Waals surface area (Å²) in [7, 11) is 0. The number of para-hydroxylation sites is 1. The van der Waals surface area contributed by atoms with Gasteiger partial charge in [-0.3, -0.25) is 9.69 Å². The van der Waals surface area contributed by atoms with Gasteiger partial charge in [-0.15, -0.1) is 0 Å². The summed E-state index contributed by atoms with van der Waals surface area (Å²) >= 11 is 0. The maximum Gasteiger partial charge on any atom is 0.225 e. The fourth-order valence-electron chi connectivity index (χ4n) is 4.40. The van der Waals surface area contributed by atoms with Gasteiger partial charge in [0.1, 0.15) is 18.0 Å². The molecule has 0 spiro atoms. The highest BCUT2D eigenvalue weighted by atomic mass is 16.3. The molecule has 0 saturated carbocycles. The van der Waals surface area contributed by atoms with Crippen LogP contribution in [0.25, 0.3) is 11.0 Å². The minimum absolute atomic E-state index is 0.0132. The molecular weight excluding hydrogens is 408 g/mol. The lowest BCUT2D eigenvalue weighted by atomic mass is 9.95. The number of hydrogen-bond acceptors (Lipinski definition) is 8. The van der Waals surface area contributed by atoms with Crippen molar-refractivity contribution in [2.75, 3.05) is 44.3 Å². The van der Waals surface area contributed by atoms with Crippen LogP contribution in [0.15, 0.2) is 47.1 Å². The van der Waals surface area contributed by atoms with E-state index in [2.05, 4.69) is 26.7 Å². The number of aliphatic hydroxyl groups excluding tert-OH is 2. The van der Waals surface area contributed by atoms with E-state index < -0.39 is 6.61 Å². The summed E-state index contributed by atoms with van der Waals surface area (Å²) in [5.41, 5.74) is 1.17. The van der Waals surface area contributed by atoms with E-state index in [1.54, 1.807) is 0 Å². The van der Waals surface area contributed by atoms with Crippen molar-refractivity contribution in [3.05, 3.63) is 54.0 Å². The number of ketones is 1. The first kappa shape index (κ1) is 22.4. The molecule has 0 radical (unpaired) electrons. The largest absolute Gasteiger partial charge is 0.459 e. The highest BCUT2D eigenvalue weighted by Gasteiger charge is 2.27. The number of carbonyl (C=O) groups is 1. The Morgan fingerprint density at radius 2 is 1.94 bits per heavy atom. The van der Waals surface area contributed by atoms with Crippen LogP contribution >= 0.6 is 0 Å². The molecule has 1 aromatic carbocycles. The number of likely N-dealkylation sites (N-methyl/N-ethyl adjacent to an activating group) is 1. The number of hydrogen-bond donors (Lipinski definition) is 2. The number of Topliss-reactive ketones (excluding diaryl/α,β-unsaturated/α-hetero) is 1. The van der Waals surface area contributed by atoms with Crippen LogP contribution in [0.4, 0.5) is 5.95 Å². The van der Waals surface area contributed by atoms with Gasteiger partial charge in [-0.2, -0.15) is 0 Å². The van der Waals surface area contributed by atoms with Gasteiger partial charge in [0, 0.05) is 37.4 Å². The summed E-state index contributed by atoms with van der Waals surface area (Å²) in [6, 6.07) is 9.79. The van der Waals surface area contributed by atoms with E-state index in [9.17, 15) is 9.90 Å². The molecule has 1 saturated heterocycles. The van der Waals surface area contributed by atoms with E-state index in [1.165, 1.54) is 12.4 Å². The van der Waals surface area contributed by atoms with Gasteiger partial charge in [-0.05, 0) is 37.4 Å². The lowest BCUT2D eigenvalue weighted by Gasteiger charge is -2.36. The summed E-state index contributed by atoms with van der Waals surface area (Å²) < 4.78 is 6.04. The second-order valence-electron chi connectivity index (χ2n) is 8.26. The number of aromatic nitrogens is 2. The predicted molar refractivity (Wildman–Crippen MR) is 122 cm³/mol. The number of rotatable bonds is 9. The molecule has 32 heavy (non-hydrogen) atoms. The Bertz CT molecular complexity index is 995. The van der Waals surface area contributed by atoms with Gasteiger partial charge in [0.05, 0.1) is 18.2 Å². The molecule has 0 bridgehead atoms. The minimum atomic E-state index is -0.537. The Labute approximate surface area is 187 Å². The fraction of sp³-hybridized carbons (Fsp3) is 0.458. The van der Waals surface area contributed by atoms with Crippen molar-refractivity contribution in [3.8, 4) is 0 Å². The molecule has 4 rings (SSSR count). The van der Waals surface area contributed by atoms with Gasteiger partial charge in [0.2, 0.25) is 5.95 Å². The normalized spacial score (nSPS) is 16.1. The van der Waals surface area contributed by atoms with Crippen LogP contribution in [0.5, 0.6) is 0 Å². The van der Waals surface area contributed by atoms with Crippen LogP contribution in [0.1, 0.15) is 41.9 Å². The number of piperidine rings is 1. The number of nitrogens with zero attached hydrogens (tertiary/aromatic N) is 4. The van der Waals surface area contributed by atoms with Crippen molar-refractivity contribution in [2.45, 2.75) is 25.8 Å². The molecule has 3 aromatic rings. The molecule has 1 atom stereocenters. The average Bonchev–Trinajstić information content (AvgIpc) is 3.27. The van der Waals surface area contributed by atoms with Crippen LogP contribution in [-0.4, -0.2) is 70.3 Å². The molecule has 1 unspecified atom stereocenters. The zero-order chi connectivity index (χ0) is 22.5. The maximum atomic E-state index is 11.5. The topological polar surface area (TPSA) is 103 Å². The molecular formula is C24H30N4O4. The minimum Gasteiger partial charge on any atom is -0.459 e. The van der Waals surface area contributed by atoms with Gasteiger partial charge in [-0.25, -0.2) is 9.97 Å². The van der Waals surface area contributed by atoms with E-state index in [4.69, 9.17) is 9.52 Å². The standard InChI is InChI=1S/C24H30N4O4/c1-2-27(20(15-29)23-11-18-5-3-4-6-22(18)32-23)14-17-7-9-28(10-8-17)24-25-12-19(13-26-24)21(31)16-30/h3-6,11-13,17,20,29-30H,2,7-10,14-16H2,1H3. The number of benzene rings is 1. The highest BCUT2D eigenvalue weighted by molar-refractivity contribution is 5.96. The second kappa shape index (κ2) is 10.2. The first-order valence-corrected chi connectivity index (χ1v) is 11.2. The molecule has 1 aliphatic rings. The first-order valence-electron chi connectivity index (χ1n) is 11.2. The van der Waals surface area contributed by atoms with E-state index in [1.807, 2.05) is 30.3 Å². The summed E-state index contributed by atoms with van der Waals surface area (Å²) in [6.45, 7) is 4.98. The third kappa shape index (κ3) is 4.82. The number of aliphatic hydroxyl groups is 2. The first-order chi connectivity index (χ1) is 15.6. The SMILES string of the molecule is CCN(CC1CCN(c2ncc(C(=O)CO)cn2)CC1)C(CO)c1cc2ccccc2o1. The van der Waals surface area contributed by atoms with Crippen molar-refractivity contribution in [3.63, 3.8) is 0 Å². The lowest BCUT2D eigenvalue weighted by molar-refractivity contribution is 0.0903. The lowest BCUT2D eigenvalue weighted by Crippen LogP contribution is -2.41. The maximum absolute atomic E-state index is 11.5. The van der Waals surface area contributed by atoms with Crippen molar-refractivity contribution < 1.29 is 19.4 Å². The molecule has 0 aliphatic carbocycles. The molecule has 1 aliphatic heterocycles. The molecule has 8 nitrogen and oxygen atoms in total. The second-order valence-corrected chi connectivity index (χ2v) is 8.26. The van der Waals surface area contributed by atoms with E-state index >= 15 is 0 Å². The quantitative estimate of drug-likeness (QED) is 0.492.